The molecule has 1 saturated carbocycles. The lowest BCUT2D eigenvalue weighted by Crippen LogP contribution is -2.24. The van der Waals surface area contributed by atoms with E-state index in [0.29, 0.717) is 5.56 Å². The molecule has 0 heterocycles. The second-order valence-electron chi connectivity index (χ2n) is 5.21. The molecular weight excluding hydrogens is 292 g/mol. The van der Waals surface area contributed by atoms with Crippen LogP contribution in [0.1, 0.15) is 49.9 Å². The average molecular weight is 311 g/mol. The Hall–Kier alpha value is -0.830. The van der Waals surface area contributed by atoms with Crippen LogP contribution in [0.25, 0.3) is 0 Å². The van der Waals surface area contributed by atoms with Gasteiger partial charge in [0, 0.05) is 4.47 Å². The quantitative estimate of drug-likeness (QED) is 0.762. The predicted octanol–water partition coefficient (Wildman–Crippen LogP) is 4.61. The van der Waals surface area contributed by atoms with E-state index in [4.69, 9.17) is 4.74 Å². The third kappa shape index (κ3) is 3.35. The fraction of sp³-hybridized carbons (Fsp3) is 0.533. The number of ketones is 1. The van der Waals surface area contributed by atoms with Gasteiger partial charge in [0.2, 0.25) is 0 Å². The molecule has 1 aliphatic carbocycles. The van der Waals surface area contributed by atoms with Gasteiger partial charge >= 0.3 is 0 Å². The van der Waals surface area contributed by atoms with Gasteiger partial charge in [0.15, 0.2) is 5.78 Å². The molecule has 0 amide bonds. The summed E-state index contributed by atoms with van der Waals surface area (Å²) in [5.41, 5.74) is 0.677. The minimum Gasteiger partial charge on any atom is -0.490 e. The molecule has 1 aromatic carbocycles. The monoisotopic (exact) mass is 310 g/mol. The molecule has 1 fully saturated rings. The molecule has 0 aromatic heterocycles. The van der Waals surface area contributed by atoms with Crippen LogP contribution in [0.3, 0.4) is 0 Å². The molecule has 3 heteroatoms. The first-order valence-electron chi connectivity index (χ1n) is 6.53. The number of Topliss-reactive ketones (excluding diaryl/α,β-unsaturated/α-hetero) is 1. The van der Waals surface area contributed by atoms with Crippen molar-refractivity contribution in [3.05, 3.63) is 28.2 Å². The van der Waals surface area contributed by atoms with E-state index in [1.54, 1.807) is 6.92 Å². The highest BCUT2D eigenvalue weighted by Crippen LogP contribution is 2.30. The van der Waals surface area contributed by atoms with E-state index in [-0.39, 0.29) is 11.9 Å². The maximum absolute atomic E-state index is 11.6. The number of ether oxygens (including phenoxy) is 1. The molecule has 0 saturated heterocycles. The molecule has 0 spiro atoms. The summed E-state index contributed by atoms with van der Waals surface area (Å²) in [5, 5.41) is 0. The van der Waals surface area contributed by atoms with Gasteiger partial charge in [-0.15, -0.1) is 0 Å². The van der Waals surface area contributed by atoms with Crippen LogP contribution >= 0.6 is 15.9 Å². The van der Waals surface area contributed by atoms with Crippen LogP contribution in [0.15, 0.2) is 22.7 Å². The smallest absolute Gasteiger partial charge is 0.163 e. The van der Waals surface area contributed by atoms with Crippen LogP contribution in [0.4, 0.5) is 0 Å². The normalized spacial score (nSPS) is 23.7. The van der Waals surface area contributed by atoms with Crippen LogP contribution in [-0.4, -0.2) is 11.9 Å². The SMILES string of the molecule is CC(=O)c1ccc(Br)cc1OC1CCCC(C)C1. The van der Waals surface area contributed by atoms with Gasteiger partial charge in [0.05, 0.1) is 11.7 Å². The van der Waals surface area contributed by atoms with E-state index in [0.717, 1.165) is 29.0 Å². The fourth-order valence-corrected chi connectivity index (χ4v) is 2.89. The highest BCUT2D eigenvalue weighted by Gasteiger charge is 2.21. The summed E-state index contributed by atoms with van der Waals surface area (Å²) in [6.45, 7) is 3.85. The number of hydrogen-bond donors (Lipinski definition) is 0. The molecule has 2 unspecified atom stereocenters. The van der Waals surface area contributed by atoms with Crippen molar-refractivity contribution in [3.63, 3.8) is 0 Å². The Morgan fingerprint density at radius 2 is 2.17 bits per heavy atom. The highest BCUT2D eigenvalue weighted by atomic mass is 79.9. The molecule has 1 aromatic rings. The van der Waals surface area contributed by atoms with Crippen LogP contribution in [0.5, 0.6) is 5.75 Å². The van der Waals surface area contributed by atoms with Gasteiger partial charge in [0.25, 0.3) is 0 Å². The maximum Gasteiger partial charge on any atom is 0.163 e. The van der Waals surface area contributed by atoms with Crippen molar-refractivity contribution >= 4 is 21.7 Å². The van der Waals surface area contributed by atoms with Crippen molar-refractivity contribution in [2.24, 2.45) is 5.92 Å². The summed E-state index contributed by atoms with van der Waals surface area (Å²) < 4.78 is 7.00. The van der Waals surface area contributed by atoms with Gasteiger partial charge in [-0.25, -0.2) is 0 Å². The Labute approximate surface area is 117 Å². The van der Waals surface area contributed by atoms with Crippen LogP contribution < -0.4 is 4.74 Å². The zero-order valence-electron chi connectivity index (χ0n) is 10.9. The topological polar surface area (TPSA) is 26.3 Å². The molecule has 0 radical (unpaired) electrons. The Balaban J connectivity index is 2.16. The van der Waals surface area contributed by atoms with Crippen molar-refractivity contribution in [1.82, 2.24) is 0 Å². The van der Waals surface area contributed by atoms with E-state index in [9.17, 15) is 4.79 Å². The zero-order chi connectivity index (χ0) is 13.1. The molecule has 2 rings (SSSR count). The van der Waals surface area contributed by atoms with Crippen molar-refractivity contribution in [1.29, 1.82) is 0 Å². The molecular formula is C15H19BrO2. The number of carbonyl (C=O) groups is 1. The minimum absolute atomic E-state index is 0.0568. The Morgan fingerprint density at radius 3 is 2.83 bits per heavy atom. The van der Waals surface area contributed by atoms with Gasteiger partial charge in [0.1, 0.15) is 5.75 Å². The molecule has 2 nitrogen and oxygen atoms in total. The van der Waals surface area contributed by atoms with Crippen LogP contribution in [-0.2, 0) is 0 Å². The van der Waals surface area contributed by atoms with Gasteiger partial charge in [-0.3, -0.25) is 4.79 Å². The molecule has 18 heavy (non-hydrogen) atoms. The number of benzene rings is 1. The number of hydrogen-bond acceptors (Lipinski definition) is 2. The van der Waals surface area contributed by atoms with E-state index >= 15 is 0 Å². The lowest BCUT2D eigenvalue weighted by molar-refractivity contribution is 0.0993. The lowest BCUT2D eigenvalue weighted by Gasteiger charge is -2.28. The van der Waals surface area contributed by atoms with E-state index in [2.05, 4.69) is 22.9 Å². The summed E-state index contributed by atoms with van der Waals surface area (Å²) >= 11 is 3.43. The number of rotatable bonds is 3. The van der Waals surface area contributed by atoms with Crippen LogP contribution in [0.2, 0.25) is 0 Å². The van der Waals surface area contributed by atoms with E-state index < -0.39 is 0 Å². The first kappa shape index (κ1) is 13.6. The summed E-state index contributed by atoms with van der Waals surface area (Å²) in [6, 6.07) is 5.61. The van der Waals surface area contributed by atoms with Crippen molar-refractivity contribution in [2.45, 2.75) is 45.6 Å². The summed E-state index contributed by atoms with van der Waals surface area (Å²) in [4.78, 5) is 11.6. The van der Waals surface area contributed by atoms with Crippen molar-refractivity contribution in [2.75, 3.05) is 0 Å². The first-order valence-corrected chi connectivity index (χ1v) is 7.32. The maximum atomic E-state index is 11.6. The molecule has 98 valence electrons. The average Bonchev–Trinajstić information content (AvgIpc) is 2.28. The van der Waals surface area contributed by atoms with Gasteiger partial charge in [-0.1, -0.05) is 29.3 Å². The van der Waals surface area contributed by atoms with Gasteiger partial charge < -0.3 is 4.74 Å². The van der Waals surface area contributed by atoms with E-state index in [1.807, 2.05) is 18.2 Å². The third-order valence-electron chi connectivity index (χ3n) is 3.50. The first-order chi connectivity index (χ1) is 8.56. The standard InChI is InChI=1S/C15H19BrO2/c1-10-4-3-5-13(8-10)18-15-9-12(16)6-7-14(15)11(2)17/h6-7,9-10,13H,3-5,8H2,1-2H3. The summed E-state index contributed by atoms with van der Waals surface area (Å²) in [7, 11) is 0. The Kier molecular flexibility index (Phi) is 4.44. The van der Waals surface area contributed by atoms with Crippen molar-refractivity contribution < 1.29 is 9.53 Å². The lowest BCUT2D eigenvalue weighted by atomic mass is 9.88. The number of carbonyl (C=O) groups excluding carboxylic acids is 1. The minimum atomic E-state index is 0.0568. The molecule has 0 N–H and O–H groups in total. The summed E-state index contributed by atoms with van der Waals surface area (Å²) in [6.07, 6.45) is 4.94. The molecule has 0 aliphatic heterocycles. The summed E-state index contributed by atoms with van der Waals surface area (Å²) in [5.74, 6) is 1.49. The largest absolute Gasteiger partial charge is 0.490 e. The second kappa shape index (κ2) is 5.87. The molecule has 2 atom stereocenters. The predicted molar refractivity (Wildman–Crippen MR) is 76.2 cm³/mol. The van der Waals surface area contributed by atoms with Gasteiger partial charge in [-0.2, -0.15) is 0 Å². The number of halogens is 1. The highest BCUT2D eigenvalue weighted by molar-refractivity contribution is 9.10. The zero-order valence-corrected chi connectivity index (χ0v) is 12.5. The molecule has 1 aliphatic rings. The van der Waals surface area contributed by atoms with Crippen molar-refractivity contribution in [3.8, 4) is 5.75 Å². The molecule has 0 bridgehead atoms. The van der Waals surface area contributed by atoms with Gasteiger partial charge in [-0.05, 0) is 50.3 Å². The Bertz CT molecular complexity index is 442. The van der Waals surface area contributed by atoms with E-state index in [1.165, 1.54) is 12.8 Å². The fourth-order valence-electron chi connectivity index (χ4n) is 2.55. The third-order valence-corrected chi connectivity index (χ3v) is 4.00. The Morgan fingerprint density at radius 1 is 1.39 bits per heavy atom. The van der Waals surface area contributed by atoms with Crippen LogP contribution in [0, 0.1) is 5.92 Å². The second-order valence-corrected chi connectivity index (χ2v) is 6.12.